The third kappa shape index (κ3) is 2.61. The van der Waals surface area contributed by atoms with Gasteiger partial charge in [0.15, 0.2) is 5.65 Å². The highest BCUT2D eigenvalue weighted by Gasteiger charge is 2.18. The maximum atomic E-state index is 12.4. The summed E-state index contributed by atoms with van der Waals surface area (Å²) >= 11 is 0. The molecule has 0 aromatic carbocycles. The third-order valence-corrected chi connectivity index (χ3v) is 5.06. The van der Waals surface area contributed by atoms with Crippen molar-refractivity contribution in [3.63, 3.8) is 0 Å². The predicted octanol–water partition coefficient (Wildman–Crippen LogP) is 2.69. The van der Waals surface area contributed by atoms with Crippen molar-refractivity contribution in [3.8, 4) is 11.1 Å². The second kappa shape index (κ2) is 6.10. The standard InChI is InChI=1S/C19H19N5O2/c25-19-23-18-16(24(19)10-12-2-1-5-26-11-12)7-15(9-22-18)14-6-13-3-4-20-17(13)21-8-14/h3-4,6-9,12H,1-2,5,10-11H2,(H,20,21)(H,22,23,25). The molecule has 0 amide bonds. The van der Waals surface area contributed by atoms with Crippen molar-refractivity contribution in [1.82, 2.24) is 24.5 Å². The molecule has 4 aromatic rings. The molecular weight excluding hydrogens is 330 g/mol. The van der Waals surface area contributed by atoms with Crippen molar-refractivity contribution in [3.05, 3.63) is 47.3 Å². The van der Waals surface area contributed by atoms with E-state index in [-0.39, 0.29) is 5.69 Å². The van der Waals surface area contributed by atoms with Crippen LogP contribution in [0.4, 0.5) is 0 Å². The molecule has 0 radical (unpaired) electrons. The number of ether oxygens (including phenoxy) is 1. The van der Waals surface area contributed by atoms with Crippen LogP contribution in [0.15, 0.2) is 41.6 Å². The first-order valence-corrected chi connectivity index (χ1v) is 8.88. The summed E-state index contributed by atoms with van der Waals surface area (Å²) in [6.07, 6.45) is 7.61. The number of rotatable bonds is 3. The Balaban J connectivity index is 1.57. The lowest BCUT2D eigenvalue weighted by Gasteiger charge is -2.22. The van der Waals surface area contributed by atoms with Gasteiger partial charge >= 0.3 is 5.69 Å². The molecule has 0 saturated carbocycles. The zero-order valence-electron chi connectivity index (χ0n) is 14.2. The summed E-state index contributed by atoms with van der Waals surface area (Å²) in [6.45, 7) is 2.18. The number of nitrogens with one attached hydrogen (secondary N) is 2. The lowest BCUT2D eigenvalue weighted by Crippen LogP contribution is -2.27. The van der Waals surface area contributed by atoms with E-state index >= 15 is 0 Å². The summed E-state index contributed by atoms with van der Waals surface area (Å²) in [4.78, 5) is 27.3. The number of hydrogen-bond donors (Lipinski definition) is 2. The van der Waals surface area contributed by atoms with E-state index < -0.39 is 0 Å². The molecule has 1 unspecified atom stereocenters. The van der Waals surface area contributed by atoms with Crippen molar-refractivity contribution in [2.24, 2.45) is 5.92 Å². The Bertz CT molecular complexity index is 1130. The largest absolute Gasteiger partial charge is 0.381 e. The third-order valence-electron chi connectivity index (χ3n) is 5.06. The van der Waals surface area contributed by atoms with Crippen LogP contribution >= 0.6 is 0 Å². The molecule has 1 saturated heterocycles. The van der Waals surface area contributed by atoms with Crippen LogP contribution in [-0.4, -0.2) is 37.7 Å². The molecule has 5 rings (SSSR count). The molecule has 4 aromatic heterocycles. The van der Waals surface area contributed by atoms with E-state index in [9.17, 15) is 4.79 Å². The minimum atomic E-state index is -0.116. The minimum Gasteiger partial charge on any atom is -0.381 e. The van der Waals surface area contributed by atoms with Gasteiger partial charge < -0.3 is 9.72 Å². The van der Waals surface area contributed by atoms with E-state index in [0.717, 1.165) is 47.1 Å². The van der Waals surface area contributed by atoms with Crippen molar-refractivity contribution < 1.29 is 4.74 Å². The highest BCUT2D eigenvalue weighted by molar-refractivity contribution is 5.84. The molecule has 0 bridgehead atoms. The van der Waals surface area contributed by atoms with Gasteiger partial charge in [-0.05, 0) is 31.0 Å². The SMILES string of the molecule is O=c1[nH]c2ncc(-c3cnc4[nH]ccc4c3)cc2n1CC1CCCOC1. The van der Waals surface area contributed by atoms with E-state index in [1.165, 1.54) is 0 Å². The average molecular weight is 349 g/mol. The monoisotopic (exact) mass is 349 g/mol. The van der Waals surface area contributed by atoms with E-state index in [4.69, 9.17) is 4.74 Å². The molecule has 1 fully saturated rings. The molecule has 5 heterocycles. The molecule has 1 atom stereocenters. The Labute approximate surface area is 149 Å². The Morgan fingerprint density at radius 3 is 2.88 bits per heavy atom. The molecule has 132 valence electrons. The van der Waals surface area contributed by atoms with Gasteiger partial charge in [-0.3, -0.25) is 9.55 Å². The highest BCUT2D eigenvalue weighted by Crippen LogP contribution is 2.25. The Morgan fingerprint density at radius 1 is 1.19 bits per heavy atom. The van der Waals surface area contributed by atoms with Crippen LogP contribution in [0.2, 0.25) is 0 Å². The molecule has 7 nitrogen and oxygen atoms in total. The lowest BCUT2D eigenvalue weighted by atomic mass is 10.0. The lowest BCUT2D eigenvalue weighted by molar-refractivity contribution is 0.0485. The van der Waals surface area contributed by atoms with Gasteiger partial charge in [0, 0.05) is 54.2 Å². The van der Waals surface area contributed by atoms with Crippen LogP contribution in [-0.2, 0) is 11.3 Å². The van der Waals surface area contributed by atoms with Crippen LogP contribution < -0.4 is 5.69 Å². The van der Waals surface area contributed by atoms with Gasteiger partial charge in [-0.15, -0.1) is 0 Å². The Hall–Kier alpha value is -2.93. The molecule has 1 aliphatic rings. The molecular formula is C19H19N5O2. The van der Waals surface area contributed by atoms with Crippen molar-refractivity contribution in [1.29, 1.82) is 0 Å². The minimum absolute atomic E-state index is 0.116. The zero-order chi connectivity index (χ0) is 17.5. The molecule has 1 aliphatic heterocycles. The van der Waals surface area contributed by atoms with Crippen molar-refractivity contribution >= 4 is 22.2 Å². The van der Waals surface area contributed by atoms with Crippen LogP contribution in [0.5, 0.6) is 0 Å². The molecule has 7 heteroatoms. The number of fused-ring (bicyclic) bond motifs is 2. The normalized spacial score (nSPS) is 17.9. The van der Waals surface area contributed by atoms with Crippen molar-refractivity contribution in [2.45, 2.75) is 19.4 Å². The van der Waals surface area contributed by atoms with E-state index in [0.29, 0.717) is 24.7 Å². The first-order valence-electron chi connectivity index (χ1n) is 8.88. The molecule has 2 N–H and O–H groups in total. The van der Waals surface area contributed by atoms with Gasteiger partial charge in [-0.2, -0.15) is 0 Å². The average Bonchev–Trinajstić information content (AvgIpc) is 3.26. The summed E-state index contributed by atoms with van der Waals surface area (Å²) in [5.74, 6) is 0.363. The smallest absolute Gasteiger partial charge is 0.327 e. The molecule has 26 heavy (non-hydrogen) atoms. The van der Waals surface area contributed by atoms with Gasteiger partial charge in [-0.25, -0.2) is 14.8 Å². The van der Waals surface area contributed by atoms with E-state index in [2.05, 4.69) is 26.0 Å². The summed E-state index contributed by atoms with van der Waals surface area (Å²) in [5.41, 5.74) is 4.11. The second-order valence-corrected chi connectivity index (χ2v) is 6.86. The van der Waals surface area contributed by atoms with Crippen LogP contribution in [0.3, 0.4) is 0 Å². The number of hydrogen-bond acceptors (Lipinski definition) is 4. The fourth-order valence-corrected chi connectivity index (χ4v) is 3.68. The number of aromatic nitrogens is 5. The van der Waals surface area contributed by atoms with E-state index in [1.54, 1.807) is 10.8 Å². The fraction of sp³-hybridized carbons (Fsp3) is 0.316. The number of nitrogens with zero attached hydrogens (tertiary/aromatic N) is 3. The van der Waals surface area contributed by atoms with Gasteiger partial charge in [0.05, 0.1) is 12.1 Å². The number of H-pyrrole nitrogens is 2. The van der Waals surface area contributed by atoms with E-state index in [1.807, 2.05) is 24.5 Å². The van der Waals surface area contributed by atoms with Gasteiger partial charge in [-0.1, -0.05) is 0 Å². The predicted molar refractivity (Wildman–Crippen MR) is 99.0 cm³/mol. The zero-order valence-corrected chi connectivity index (χ0v) is 14.2. The summed E-state index contributed by atoms with van der Waals surface area (Å²) < 4.78 is 7.34. The highest BCUT2D eigenvalue weighted by atomic mass is 16.5. The topological polar surface area (TPSA) is 88.6 Å². The summed E-state index contributed by atoms with van der Waals surface area (Å²) in [5, 5.41) is 1.05. The first kappa shape index (κ1) is 15.3. The van der Waals surface area contributed by atoms with Gasteiger partial charge in [0.1, 0.15) is 5.65 Å². The number of aromatic amines is 2. The molecule has 0 aliphatic carbocycles. The Morgan fingerprint density at radius 2 is 2.04 bits per heavy atom. The molecule has 0 spiro atoms. The van der Waals surface area contributed by atoms with Gasteiger partial charge in [0.25, 0.3) is 0 Å². The quantitative estimate of drug-likeness (QED) is 0.595. The summed E-state index contributed by atoms with van der Waals surface area (Å²) in [7, 11) is 0. The van der Waals surface area contributed by atoms with Gasteiger partial charge in [0.2, 0.25) is 0 Å². The van der Waals surface area contributed by atoms with Crippen LogP contribution in [0.1, 0.15) is 12.8 Å². The number of pyridine rings is 2. The maximum Gasteiger partial charge on any atom is 0.327 e. The van der Waals surface area contributed by atoms with Crippen LogP contribution in [0.25, 0.3) is 33.3 Å². The fourth-order valence-electron chi connectivity index (χ4n) is 3.68. The Kier molecular flexibility index (Phi) is 3.60. The number of imidazole rings is 1. The first-order chi connectivity index (χ1) is 12.8. The second-order valence-electron chi connectivity index (χ2n) is 6.86. The van der Waals surface area contributed by atoms with Crippen molar-refractivity contribution in [2.75, 3.05) is 13.2 Å². The maximum absolute atomic E-state index is 12.4. The van der Waals surface area contributed by atoms with Crippen LogP contribution in [0, 0.1) is 5.92 Å². The summed E-state index contributed by atoms with van der Waals surface area (Å²) in [6, 6.07) is 6.08.